The van der Waals surface area contributed by atoms with Crippen LogP contribution in [0.5, 0.6) is 28.7 Å². The second-order valence-corrected chi connectivity index (χ2v) is 10.3. The van der Waals surface area contributed by atoms with Crippen molar-refractivity contribution in [2.24, 2.45) is 0 Å². The van der Waals surface area contributed by atoms with E-state index in [4.69, 9.17) is 23.7 Å². The molecule has 5 rings (SSSR count). The summed E-state index contributed by atoms with van der Waals surface area (Å²) in [6.07, 6.45) is 5.76. The lowest BCUT2D eigenvalue weighted by Gasteiger charge is -2.18. The van der Waals surface area contributed by atoms with E-state index in [0.717, 1.165) is 18.7 Å². The normalized spacial score (nSPS) is 12.2. The highest BCUT2D eigenvalue weighted by atomic mass is 16.7. The molecule has 0 saturated carbocycles. The average molecular weight is 615 g/mol. The van der Waals surface area contributed by atoms with E-state index in [-0.39, 0.29) is 36.7 Å². The molecule has 11 heteroatoms. The number of unbranched alkanes of at least 4 members (excludes halogenated alkanes) is 1. The van der Waals surface area contributed by atoms with Crippen molar-refractivity contribution in [1.82, 2.24) is 9.55 Å². The van der Waals surface area contributed by atoms with E-state index in [1.165, 1.54) is 13.2 Å². The topological polar surface area (TPSA) is 139 Å². The number of carboxylic acid groups (broad SMARTS) is 2. The summed E-state index contributed by atoms with van der Waals surface area (Å²) in [6, 6.07) is 15.3. The number of carbonyl (C=O) groups is 2. The predicted octanol–water partition coefficient (Wildman–Crippen LogP) is 5.95. The number of benzene rings is 3. The highest BCUT2D eigenvalue weighted by Gasteiger charge is 2.22. The second-order valence-electron chi connectivity index (χ2n) is 10.3. The van der Waals surface area contributed by atoms with E-state index >= 15 is 0 Å². The minimum Gasteiger partial charge on any atom is -0.497 e. The Labute approximate surface area is 260 Å². The fourth-order valence-corrected chi connectivity index (χ4v) is 5.11. The average Bonchev–Trinajstić information content (AvgIpc) is 3.68. The van der Waals surface area contributed by atoms with Crippen LogP contribution in [0.25, 0.3) is 11.8 Å². The zero-order chi connectivity index (χ0) is 31.9. The van der Waals surface area contributed by atoms with Crippen LogP contribution in [0.1, 0.15) is 52.8 Å². The van der Waals surface area contributed by atoms with Crippen LogP contribution in [0.15, 0.2) is 66.4 Å². The van der Waals surface area contributed by atoms with Crippen molar-refractivity contribution in [3.8, 4) is 34.4 Å². The van der Waals surface area contributed by atoms with Crippen molar-refractivity contribution in [1.29, 1.82) is 0 Å². The number of para-hydroxylation sites is 1. The Hall–Kier alpha value is -5.45. The van der Waals surface area contributed by atoms with Crippen LogP contribution in [0.2, 0.25) is 0 Å². The molecule has 0 bridgehead atoms. The first-order chi connectivity index (χ1) is 21.8. The summed E-state index contributed by atoms with van der Waals surface area (Å²) < 4.78 is 29.9. The number of carboxylic acids is 2. The number of aromatic carboxylic acids is 1. The summed E-state index contributed by atoms with van der Waals surface area (Å²) in [7, 11) is 3.07. The molecule has 0 unspecified atom stereocenters. The number of methoxy groups -OCH3 is 2. The maximum absolute atomic E-state index is 12.6. The summed E-state index contributed by atoms with van der Waals surface area (Å²) in [4.78, 5) is 29.0. The quantitative estimate of drug-likeness (QED) is 0.164. The van der Waals surface area contributed by atoms with Gasteiger partial charge in [-0.25, -0.2) is 14.6 Å². The van der Waals surface area contributed by atoms with Gasteiger partial charge in [-0.15, -0.1) is 0 Å². The van der Waals surface area contributed by atoms with Crippen LogP contribution >= 0.6 is 0 Å². The molecule has 234 valence electrons. The molecule has 2 N–H and O–H groups in total. The van der Waals surface area contributed by atoms with Crippen molar-refractivity contribution in [2.45, 2.75) is 39.2 Å². The molecular formula is C34H34N2O9. The van der Waals surface area contributed by atoms with Crippen molar-refractivity contribution in [3.05, 3.63) is 94.6 Å². The lowest BCUT2D eigenvalue weighted by Crippen LogP contribution is -2.11. The highest BCUT2D eigenvalue weighted by Crippen LogP contribution is 2.39. The Bertz CT molecular complexity index is 1740. The molecule has 0 aliphatic carbocycles. The van der Waals surface area contributed by atoms with Gasteiger partial charge in [0, 0.05) is 35.6 Å². The van der Waals surface area contributed by atoms with Crippen LogP contribution in [-0.4, -0.2) is 52.7 Å². The number of aryl methyl sites for hydroxylation is 1. The van der Waals surface area contributed by atoms with Crippen molar-refractivity contribution in [3.63, 3.8) is 0 Å². The maximum Gasteiger partial charge on any atom is 0.339 e. The van der Waals surface area contributed by atoms with Gasteiger partial charge < -0.3 is 33.9 Å². The standard InChI is InChI=1S/C34H34N2O9/c1-4-5-10-32-35-18-24(14-22(33(37)38)13-21-16-30-31(45-20-44-30)17-29(21)42-3)36(32)27-12-11-25(41-2)15-23(27)19-43-28-9-7-6-8-26(28)34(39)40/h6-9,11-12,14-18H,4-5,10,13,19-20H2,1-3H3,(H,37,38)(H,39,40)/b22-14+. The molecule has 0 atom stereocenters. The number of aliphatic carboxylic acids is 1. The fraction of sp³-hybridized carbons (Fsp3) is 0.265. The minimum atomic E-state index is -1.10. The number of nitrogens with zero attached hydrogens (tertiary/aromatic N) is 2. The molecule has 0 amide bonds. The maximum atomic E-state index is 12.6. The van der Waals surface area contributed by atoms with Crippen LogP contribution in [0, 0.1) is 0 Å². The molecule has 1 aliphatic heterocycles. The number of hydrogen-bond donors (Lipinski definition) is 2. The largest absolute Gasteiger partial charge is 0.497 e. The van der Waals surface area contributed by atoms with E-state index in [2.05, 4.69) is 11.9 Å². The summed E-state index contributed by atoms with van der Waals surface area (Å²) in [5, 5.41) is 19.9. The van der Waals surface area contributed by atoms with E-state index in [1.54, 1.807) is 55.8 Å². The third kappa shape index (κ3) is 6.87. The van der Waals surface area contributed by atoms with Crippen LogP contribution in [-0.2, 0) is 24.2 Å². The van der Waals surface area contributed by atoms with Gasteiger partial charge in [0.2, 0.25) is 6.79 Å². The summed E-state index contributed by atoms with van der Waals surface area (Å²) in [6.45, 7) is 2.19. The van der Waals surface area contributed by atoms with Crippen molar-refractivity contribution < 1.29 is 43.5 Å². The van der Waals surface area contributed by atoms with Crippen molar-refractivity contribution in [2.75, 3.05) is 21.0 Å². The molecule has 3 aromatic carbocycles. The zero-order valence-corrected chi connectivity index (χ0v) is 25.2. The van der Waals surface area contributed by atoms with Gasteiger partial charge in [0.15, 0.2) is 11.5 Å². The number of aromatic nitrogens is 2. The van der Waals surface area contributed by atoms with Crippen LogP contribution in [0.4, 0.5) is 0 Å². The van der Waals surface area contributed by atoms with Gasteiger partial charge >= 0.3 is 11.9 Å². The molecular weight excluding hydrogens is 580 g/mol. The van der Waals surface area contributed by atoms with E-state index in [0.29, 0.717) is 51.9 Å². The molecule has 1 aromatic heterocycles. The molecule has 0 radical (unpaired) electrons. The van der Waals surface area contributed by atoms with Gasteiger partial charge in [-0.1, -0.05) is 25.5 Å². The minimum absolute atomic E-state index is 0.0194. The Morgan fingerprint density at radius 1 is 0.978 bits per heavy atom. The molecule has 45 heavy (non-hydrogen) atoms. The van der Waals surface area contributed by atoms with Crippen LogP contribution < -0.4 is 23.7 Å². The Morgan fingerprint density at radius 3 is 2.47 bits per heavy atom. The smallest absolute Gasteiger partial charge is 0.339 e. The number of rotatable bonds is 14. The van der Waals surface area contributed by atoms with Gasteiger partial charge in [0.05, 0.1) is 31.8 Å². The molecule has 0 spiro atoms. The van der Waals surface area contributed by atoms with Gasteiger partial charge in [-0.2, -0.15) is 0 Å². The van der Waals surface area contributed by atoms with Gasteiger partial charge in [0.1, 0.15) is 35.2 Å². The fourth-order valence-electron chi connectivity index (χ4n) is 5.11. The van der Waals surface area contributed by atoms with Gasteiger partial charge in [-0.05, 0) is 48.9 Å². The first-order valence-electron chi connectivity index (χ1n) is 14.4. The first-order valence-corrected chi connectivity index (χ1v) is 14.4. The summed E-state index contributed by atoms with van der Waals surface area (Å²) in [5.41, 5.74) is 2.72. The number of hydrogen-bond acceptors (Lipinski definition) is 8. The zero-order valence-electron chi connectivity index (χ0n) is 25.2. The Balaban J connectivity index is 1.58. The molecule has 0 fully saturated rings. The van der Waals surface area contributed by atoms with Crippen molar-refractivity contribution >= 4 is 18.0 Å². The lowest BCUT2D eigenvalue weighted by molar-refractivity contribution is -0.132. The van der Waals surface area contributed by atoms with Gasteiger partial charge in [0.25, 0.3) is 0 Å². The lowest BCUT2D eigenvalue weighted by atomic mass is 10.0. The highest BCUT2D eigenvalue weighted by molar-refractivity contribution is 5.93. The number of imidazole rings is 1. The first kappa shape index (κ1) is 31.0. The van der Waals surface area contributed by atoms with E-state index < -0.39 is 11.9 Å². The third-order valence-electron chi connectivity index (χ3n) is 7.40. The molecule has 11 nitrogen and oxygen atoms in total. The summed E-state index contributed by atoms with van der Waals surface area (Å²) >= 11 is 0. The summed E-state index contributed by atoms with van der Waals surface area (Å²) in [5.74, 6) is 0.899. The van der Waals surface area contributed by atoms with Gasteiger partial charge in [-0.3, -0.25) is 4.57 Å². The SMILES string of the molecule is CCCCc1ncc(/C=C(\Cc2cc3c(cc2OC)OCO3)C(=O)O)n1-c1ccc(OC)cc1COc1ccccc1C(=O)O. The number of fused-ring (bicyclic) bond motifs is 1. The monoisotopic (exact) mass is 614 g/mol. The van der Waals surface area contributed by atoms with E-state index in [1.807, 2.05) is 16.7 Å². The Morgan fingerprint density at radius 2 is 1.76 bits per heavy atom. The molecule has 1 aliphatic rings. The Kier molecular flexibility index (Phi) is 9.57. The second kappa shape index (κ2) is 13.9. The predicted molar refractivity (Wildman–Crippen MR) is 165 cm³/mol. The molecule has 2 heterocycles. The molecule has 4 aromatic rings. The van der Waals surface area contributed by atoms with E-state index in [9.17, 15) is 19.8 Å². The number of ether oxygens (including phenoxy) is 5. The molecule has 0 saturated heterocycles. The third-order valence-corrected chi connectivity index (χ3v) is 7.40. The van der Waals surface area contributed by atoms with Crippen LogP contribution in [0.3, 0.4) is 0 Å².